The van der Waals surface area contributed by atoms with Crippen LogP contribution in [0, 0.1) is 0 Å². The highest BCUT2D eigenvalue weighted by Gasteiger charge is 2.37. The molecule has 2 aromatic heterocycles. The van der Waals surface area contributed by atoms with Gasteiger partial charge in [-0.2, -0.15) is 0 Å². The first kappa shape index (κ1) is 14.1. The number of amides is 1. The summed E-state index contributed by atoms with van der Waals surface area (Å²) in [5, 5.41) is 4.64. The van der Waals surface area contributed by atoms with E-state index in [2.05, 4.69) is 44.0 Å². The molecule has 3 aliphatic rings. The molecule has 5 rings (SSSR count). The van der Waals surface area contributed by atoms with Crippen molar-refractivity contribution in [2.45, 2.75) is 43.1 Å². The van der Waals surface area contributed by atoms with Crippen molar-refractivity contribution in [3.63, 3.8) is 0 Å². The van der Waals surface area contributed by atoms with Crippen LogP contribution in [0.15, 0.2) is 11.4 Å². The van der Waals surface area contributed by atoms with Crippen molar-refractivity contribution in [3.05, 3.63) is 43.7 Å². The third-order valence-electron chi connectivity index (χ3n) is 5.26. The molecule has 118 valence electrons. The van der Waals surface area contributed by atoms with Crippen LogP contribution >= 0.6 is 27.3 Å². The van der Waals surface area contributed by atoms with Gasteiger partial charge in [-0.05, 0) is 53.5 Å². The minimum absolute atomic E-state index is 0.201. The second-order valence-corrected chi connectivity index (χ2v) is 8.68. The molecule has 3 nitrogen and oxygen atoms in total. The summed E-state index contributed by atoms with van der Waals surface area (Å²) in [6, 6.07) is 2.30. The first-order valence-corrected chi connectivity index (χ1v) is 9.96. The summed E-state index contributed by atoms with van der Waals surface area (Å²) in [6.07, 6.45) is 8.97. The van der Waals surface area contributed by atoms with Gasteiger partial charge in [-0.1, -0.05) is 28.1 Å². The maximum absolute atomic E-state index is 12.8. The summed E-state index contributed by atoms with van der Waals surface area (Å²) < 4.78 is 0. The van der Waals surface area contributed by atoms with Gasteiger partial charge >= 0.3 is 0 Å². The number of aromatic nitrogens is 1. The molecule has 0 bridgehead atoms. The Hall–Kier alpha value is -1.33. The van der Waals surface area contributed by atoms with Crippen molar-refractivity contribution in [2.24, 2.45) is 0 Å². The normalized spacial score (nSPS) is 25.4. The Labute approximate surface area is 146 Å². The molecule has 23 heavy (non-hydrogen) atoms. The van der Waals surface area contributed by atoms with Gasteiger partial charge in [-0.15, -0.1) is 11.3 Å². The van der Waals surface area contributed by atoms with Crippen molar-refractivity contribution in [3.8, 4) is 0 Å². The van der Waals surface area contributed by atoms with Gasteiger partial charge in [0.05, 0.1) is 10.9 Å². The van der Waals surface area contributed by atoms with Gasteiger partial charge in [-0.25, -0.2) is 0 Å². The number of hydrogen-bond acceptors (Lipinski definition) is 2. The van der Waals surface area contributed by atoms with Crippen molar-refractivity contribution >= 4 is 45.3 Å². The van der Waals surface area contributed by atoms with E-state index in [9.17, 15) is 4.79 Å². The quantitative estimate of drug-likeness (QED) is 0.749. The third kappa shape index (κ3) is 2.02. The molecule has 0 radical (unpaired) electrons. The Morgan fingerprint density at radius 1 is 1.39 bits per heavy atom. The van der Waals surface area contributed by atoms with Crippen LogP contribution < -0.4 is 10.6 Å². The van der Waals surface area contributed by atoms with Crippen LogP contribution in [0.3, 0.4) is 0 Å². The fraction of sp³-hybridized carbons (Fsp3) is 0.389. The maximum Gasteiger partial charge on any atom is 0.265 e. The van der Waals surface area contributed by atoms with Crippen LogP contribution in [0.1, 0.15) is 51.8 Å². The Bertz CT molecular complexity index is 925. The lowest BCUT2D eigenvalue weighted by molar-refractivity contribution is 0.0681. The number of carbonyl (C=O) groups excluding carboxylic acids is 1. The topological polar surface area (TPSA) is 36.1 Å². The largest absolute Gasteiger partial charge is 0.357 e. The summed E-state index contributed by atoms with van der Waals surface area (Å²) in [5.74, 6) is 0.215. The first-order valence-electron chi connectivity index (χ1n) is 8.16. The number of nitrogens with zero attached hydrogens (tertiary/aromatic N) is 1. The summed E-state index contributed by atoms with van der Waals surface area (Å²) in [4.78, 5) is 19.8. The average Bonchev–Trinajstić information content (AvgIpc) is 3.22. The molecule has 0 saturated heterocycles. The number of alkyl halides is 1. The van der Waals surface area contributed by atoms with Crippen molar-refractivity contribution in [1.29, 1.82) is 0 Å². The number of nitrogens with one attached hydrogen (secondary N) is 1. The molecule has 1 aliphatic heterocycles. The summed E-state index contributed by atoms with van der Waals surface area (Å²) in [6.45, 7) is 0.764. The van der Waals surface area contributed by atoms with E-state index in [-0.39, 0.29) is 11.9 Å². The standard InChI is InChI=1S/C18H17BrN2OS/c19-11-4-5-14-13(8-11)12-2-1-3-15(16(12)20-14)21-9-10-6-7-23-17(10)18(21)22/h5-8,11,15,20H,1-4,9H2. The molecule has 3 heterocycles. The molecule has 2 aromatic rings. The fourth-order valence-electron chi connectivity index (χ4n) is 4.19. The van der Waals surface area contributed by atoms with Crippen LogP contribution in [-0.4, -0.2) is 20.6 Å². The molecule has 2 aliphatic carbocycles. The predicted molar refractivity (Wildman–Crippen MR) is 96.2 cm³/mol. The van der Waals surface area contributed by atoms with Crippen LogP contribution in [0.5, 0.6) is 0 Å². The number of hydrogen-bond donors (Lipinski definition) is 1. The lowest BCUT2D eigenvalue weighted by Crippen LogP contribution is -2.32. The summed E-state index contributed by atoms with van der Waals surface area (Å²) >= 11 is 5.29. The fourth-order valence-corrected chi connectivity index (χ4v) is 5.52. The predicted octanol–water partition coefficient (Wildman–Crippen LogP) is 2.84. The number of aromatic amines is 1. The zero-order valence-corrected chi connectivity index (χ0v) is 15.0. The molecule has 0 saturated carbocycles. The van der Waals surface area contributed by atoms with Gasteiger partial charge in [0.1, 0.15) is 0 Å². The lowest BCUT2D eigenvalue weighted by atomic mass is 9.91. The monoisotopic (exact) mass is 388 g/mol. The highest BCUT2D eigenvalue weighted by molar-refractivity contribution is 9.09. The Kier molecular flexibility index (Phi) is 3.10. The van der Waals surface area contributed by atoms with Gasteiger partial charge in [-0.3, -0.25) is 4.79 Å². The lowest BCUT2D eigenvalue weighted by Gasteiger charge is -2.31. The van der Waals surface area contributed by atoms with E-state index in [1.165, 1.54) is 27.4 Å². The zero-order valence-electron chi connectivity index (χ0n) is 12.6. The number of fused-ring (bicyclic) bond motifs is 4. The molecule has 2 atom stereocenters. The van der Waals surface area contributed by atoms with E-state index in [0.29, 0.717) is 4.83 Å². The van der Waals surface area contributed by atoms with E-state index >= 15 is 0 Å². The second kappa shape index (κ2) is 5.08. The molecular formula is C18H17BrN2OS. The van der Waals surface area contributed by atoms with Crippen molar-refractivity contribution in [1.82, 2.24) is 9.88 Å². The highest BCUT2D eigenvalue weighted by atomic mass is 79.9. The molecule has 2 unspecified atom stereocenters. The molecule has 0 fully saturated rings. The molecule has 1 amide bonds. The van der Waals surface area contributed by atoms with Crippen LogP contribution in [0.4, 0.5) is 0 Å². The first-order chi connectivity index (χ1) is 11.2. The number of carbonyl (C=O) groups is 1. The number of rotatable bonds is 1. The third-order valence-corrected chi connectivity index (χ3v) is 6.84. The van der Waals surface area contributed by atoms with E-state index in [1.54, 1.807) is 11.3 Å². The molecule has 5 heteroatoms. The van der Waals surface area contributed by atoms with Crippen LogP contribution in [-0.2, 0) is 13.0 Å². The molecular weight excluding hydrogens is 372 g/mol. The Morgan fingerprint density at radius 2 is 2.30 bits per heavy atom. The van der Waals surface area contributed by atoms with Crippen LogP contribution in [0.25, 0.3) is 12.2 Å². The van der Waals surface area contributed by atoms with Gasteiger partial charge < -0.3 is 9.88 Å². The Balaban J connectivity index is 1.61. The average molecular weight is 389 g/mol. The number of H-pyrrole nitrogens is 1. The van der Waals surface area contributed by atoms with Crippen molar-refractivity contribution < 1.29 is 4.79 Å². The summed E-state index contributed by atoms with van der Waals surface area (Å²) in [7, 11) is 0. The van der Waals surface area contributed by atoms with Crippen LogP contribution in [0.2, 0.25) is 0 Å². The molecule has 1 N–H and O–H groups in total. The summed E-state index contributed by atoms with van der Waals surface area (Å²) in [5.41, 5.74) is 3.90. The molecule has 0 aromatic carbocycles. The minimum Gasteiger partial charge on any atom is -0.357 e. The highest BCUT2D eigenvalue weighted by Crippen LogP contribution is 2.38. The van der Waals surface area contributed by atoms with E-state index < -0.39 is 0 Å². The SMILES string of the molecule is O=C1c2sccc2CN1C1CCCc2c1[nH]c1c2=CC(Br)CC=1. The smallest absolute Gasteiger partial charge is 0.265 e. The second-order valence-electron chi connectivity index (χ2n) is 6.58. The number of halogens is 1. The van der Waals surface area contributed by atoms with E-state index in [0.717, 1.165) is 37.1 Å². The minimum atomic E-state index is 0.201. The Morgan fingerprint density at radius 3 is 3.17 bits per heavy atom. The van der Waals surface area contributed by atoms with Gasteiger partial charge in [0.2, 0.25) is 0 Å². The van der Waals surface area contributed by atoms with Crippen molar-refractivity contribution in [2.75, 3.05) is 0 Å². The number of thiophene rings is 1. The maximum atomic E-state index is 12.8. The van der Waals surface area contributed by atoms with E-state index in [1.807, 2.05) is 5.38 Å². The van der Waals surface area contributed by atoms with Gasteiger partial charge in [0, 0.05) is 22.4 Å². The molecule has 0 spiro atoms. The van der Waals surface area contributed by atoms with Gasteiger partial charge in [0.15, 0.2) is 0 Å². The van der Waals surface area contributed by atoms with Gasteiger partial charge in [0.25, 0.3) is 5.91 Å². The van der Waals surface area contributed by atoms with E-state index in [4.69, 9.17) is 0 Å². The zero-order chi connectivity index (χ0) is 15.6.